The fourth-order valence-electron chi connectivity index (χ4n) is 4.16. The van der Waals surface area contributed by atoms with Gasteiger partial charge in [0.1, 0.15) is 12.0 Å². The van der Waals surface area contributed by atoms with Gasteiger partial charge in [-0.3, -0.25) is 9.59 Å². The van der Waals surface area contributed by atoms with Gasteiger partial charge in [0.25, 0.3) is 10.2 Å². The Morgan fingerprint density at radius 1 is 1.19 bits per heavy atom. The van der Waals surface area contributed by atoms with Gasteiger partial charge in [-0.05, 0) is 30.7 Å². The third-order valence-corrected chi connectivity index (χ3v) is 8.02. The van der Waals surface area contributed by atoms with Gasteiger partial charge in [0.15, 0.2) is 5.78 Å². The highest BCUT2D eigenvalue weighted by atomic mass is 32.2. The number of H-pyrrole nitrogens is 1. The lowest BCUT2D eigenvalue weighted by atomic mass is 10.0. The van der Waals surface area contributed by atoms with Gasteiger partial charge in [-0.25, -0.2) is 9.37 Å². The van der Waals surface area contributed by atoms with Crippen LogP contribution in [0.15, 0.2) is 48.7 Å². The van der Waals surface area contributed by atoms with Crippen LogP contribution in [-0.2, 0) is 21.5 Å². The van der Waals surface area contributed by atoms with Crippen LogP contribution in [0.2, 0.25) is 0 Å². The highest BCUT2D eigenvalue weighted by Crippen LogP contribution is 2.39. The summed E-state index contributed by atoms with van der Waals surface area (Å²) >= 11 is 0. The van der Waals surface area contributed by atoms with Crippen molar-refractivity contribution < 1.29 is 22.4 Å². The number of aromatic nitrogens is 2. The van der Waals surface area contributed by atoms with Crippen LogP contribution < -0.4 is 10.6 Å². The number of pyridine rings is 1. The maximum Gasteiger partial charge on any atom is 0.282 e. The molecule has 1 amide bonds. The van der Waals surface area contributed by atoms with Crippen LogP contribution >= 0.6 is 0 Å². The quantitative estimate of drug-likeness (QED) is 0.447. The Labute approximate surface area is 207 Å². The molecule has 188 valence electrons. The summed E-state index contributed by atoms with van der Waals surface area (Å²) in [6.45, 7) is -0.309. The Bertz CT molecular complexity index is 1440. The molecule has 12 heteroatoms. The summed E-state index contributed by atoms with van der Waals surface area (Å²) in [4.78, 5) is 32.9. The molecule has 5 rings (SSSR count). The predicted octanol–water partition coefficient (Wildman–Crippen LogP) is 2.92. The van der Waals surface area contributed by atoms with E-state index in [2.05, 4.69) is 20.6 Å². The lowest BCUT2D eigenvalue weighted by molar-refractivity contribution is -0.117. The van der Waals surface area contributed by atoms with Gasteiger partial charge in [-0.1, -0.05) is 18.2 Å². The molecule has 10 nitrogen and oxygen atoms in total. The van der Waals surface area contributed by atoms with Crippen LogP contribution in [0.4, 0.5) is 21.6 Å². The standard InChI is InChI=1S/C24H25FN6O4S/c1-30(2)36(34,35)31-12-18-21(19(32)13-31)23(27-15-6-4-3-5-7-15)22(28-18)14-8-9-26-20(10-14)29-24(33)16-11-17(16)25/h3-10,16-17,27-28H,11-13H2,1-2H3,(H,26,29,33)/t16-,17+/m1/s1. The number of anilines is 3. The molecule has 36 heavy (non-hydrogen) atoms. The number of carbonyl (C=O) groups excluding carboxylic acids is 2. The SMILES string of the molecule is CN(C)S(=O)(=O)N1CC(=O)c2c([nH]c(-c3ccnc(NC(=O)[C@@H]4C[C@@H]4F)c3)c2Nc2ccccc2)C1. The molecule has 3 heterocycles. The van der Waals surface area contributed by atoms with Crippen LogP contribution in [-0.4, -0.2) is 65.5 Å². The molecule has 2 aromatic heterocycles. The number of aromatic amines is 1. The number of nitrogens with one attached hydrogen (secondary N) is 3. The molecule has 3 N–H and O–H groups in total. The molecule has 0 spiro atoms. The maximum absolute atomic E-state index is 13.3. The first-order chi connectivity index (χ1) is 17.1. The number of amides is 1. The number of carbonyl (C=O) groups is 2. The number of hydrogen-bond acceptors (Lipinski definition) is 6. The number of para-hydroxylation sites is 1. The third kappa shape index (κ3) is 4.50. The number of hydrogen-bond donors (Lipinski definition) is 3. The van der Waals surface area contributed by atoms with E-state index in [-0.39, 0.29) is 31.1 Å². The van der Waals surface area contributed by atoms with Crippen molar-refractivity contribution in [3.05, 3.63) is 59.9 Å². The van der Waals surface area contributed by atoms with Crippen LogP contribution in [0.5, 0.6) is 0 Å². The van der Waals surface area contributed by atoms with Crippen LogP contribution in [0.1, 0.15) is 22.5 Å². The van der Waals surface area contributed by atoms with Crippen molar-refractivity contribution in [3.63, 3.8) is 0 Å². The molecule has 0 radical (unpaired) electrons. The van der Waals surface area contributed by atoms with E-state index in [0.717, 1.165) is 14.3 Å². The van der Waals surface area contributed by atoms with E-state index in [1.807, 2.05) is 30.3 Å². The van der Waals surface area contributed by atoms with Crippen molar-refractivity contribution in [3.8, 4) is 11.3 Å². The first kappa shape index (κ1) is 24.1. The molecule has 1 saturated carbocycles. The molecule has 1 fully saturated rings. The lowest BCUT2D eigenvalue weighted by Crippen LogP contribution is -2.44. The zero-order chi connectivity index (χ0) is 25.6. The number of nitrogens with zero attached hydrogens (tertiary/aromatic N) is 3. The van der Waals surface area contributed by atoms with Gasteiger partial charge in [0.2, 0.25) is 5.91 Å². The summed E-state index contributed by atoms with van der Waals surface area (Å²) < 4.78 is 40.9. The van der Waals surface area contributed by atoms with Gasteiger partial charge >= 0.3 is 0 Å². The first-order valence-electron chi connectivity index (χ1n) is 11.3. The zero-order valence-electron chi connectivity index (χ0n) is 19.7. The summed E-state index contributed by atoms with van der Waals surface area (Å²) in [7, 11) is -0.984. The van der Waals surface area contributed by atoms with E-state index in [1.54, 1.807) is 12.1 Å². The second-order valence-corrected chi connectivity index (χ2v) is 11.1. The fourth-order valence-corrected chi connectivity index (χ4v) is 5.19. The van der Waals surface area contributed by atoms with Crippen molar-refractivity contribution >= 4 is 39.1 Å². The van der Waals surface area contributed by atoms with Gasteiger partial charge in [0.05, 0.1) is 36.0 Å². The number of fused-ring (bicyclic) bond motifs is 1. The highest BCUT2D eigenvalue weighted by molar-refractivity contribution is 7.86. The predicted molar refractivity (Wildman–Crippen MR) is 133 cm³/mol. The minimum absolute atomic E-state index is 0.0146. The second kappa shape index (κ2) is 9.12. The topological polar surface area (TPSA) is 128 Å². The number of benzene rings is 1. The molecule has 1 aliphatic heterocycles. The monoisotopic (exact) mass is 512 g/mol. The van der Waals surface area contributed by atoms with Crippen molar-refractivity contribution in [2.45, 2.75) is 19.1 Å². The summed E-state index contributed by atoms with van der Waals surface area (Å²) in [6, 6.07) is 12.6. The zero-order valence-corrected chi connectivity index (χ0v) is 20.5. The summed E-state index contributed by atoms with van der Waals surface area (Å²) in [5.74, 6) is -1.20. The molecular formula is C24H25FN6O4S. The number of Topliss-reactive ketones (excluding diaryl/α,β-unsaturated/α-hetero) is 1. The Morgan fingerprint density at radius 3 is 2.58 bits per heavy atom. The van der Waals surface area contributed by atoms with Crippen molar-refractivity contribution in [1.29, 1.82) is 0 Å². The van der Waals surface area contributed by atoms with Crippen molar-refractivity contribution in [1.82, 2.24) is 18.6 Å². The number of halogens is 1. The molecule has 2 atom stereocenters. The number of rotatable bonds is 7. The molecule has 0 bridgehead atoms. The van der Waals surface area contributed by atoms with Crippen LogP contribution in [0.3, 0.4) is 0 Å². The van der Waals surface area contributed by atoms with Gasteiger partial charge in [-0.2, -0.15) is 17.0 Å². The Balaban J connectivity index is 1.56. The van der Waals surface area contributed by atoms with Gasteiger partial charge in [0, 0.05) is 37.2 Å². The van der Waals surface area contributed by atoms with E-state index in [1.165, 1.54) is 20.3 Å². The molecule has 1 aromatic carbocycles. The molecular weight excluding hydrogens is 487 g/mol. The summed E-state index contributed by atoms with van der Waals surface area (Å²) in [6.07, 6.45) is 0.577. The largest absolute Gasteiger partial charge is 0.355 e. The molecule has 0 saturated heterocycles. The van der Waals surface area contributed by atoms with E-state index in [9.17, 15) is 22.4 Å². The number of alkyl halides is 1. The molecule has 2 aliphatic rings. The van der Waals surface area contributed by atoms with Crippen LogP contribution in [0, 0.1) is 5.92 Å². The molecule has 0 unspecified atom stereocenters. The van der Waals surface area contributed by atoms with E-state index >= 15 is 0 Å². The van der Waals surface area contributed by atoms with E-state index in [4.69, 9.17) is 0 Å². The Kier molecular flexibility index (Phi) is 6.10. The average molecular weight is 513 g/mol. The first-order valence-corrected chi connectivity index (χ1v) is 12.7. The Morgan fingerprint density at radius 2 is 1.92 bits per heavy atom. The summed E-state index contributed by atoms with van der Waals surface area (Å²) in [5, 5.41) is 5.93. The molecule has 3 aromatic rings. The number of ketones is 1. The van der Waals surface area contributed by atoms with Gasteiger partial charge in [-0.15, -0.1) is 0 Å². The van der Waals surface area contributed by atoms with E-state index < -0.39 is 28.2 Å². The highest BCUT2D eigenvalue weighted by Gasteiger charge is 2.43. The third-order valence-electron chi connectivity index (χ3n) is 6.19. The van der Waals surface area contributed by atoms with Crippen molar-refractivity contribution in [2.75, 3.05) is 31.3 Å². The second-order valence-electron chi connectivity index (χ2n) is 8.98. The average Bonchev–Trinajstić information content (AvgIpc) is 3.47. The minimum atomic E-state index is -3.81. The minimum Gasteiger partial charge on any atom is -0.355 e. The summed E-state index contributed by atoms with van der Waals surface area (Å²) in [5.41, 5.74) is 3.20. The Hall–Kier alpha value is -3.61. The smallest absolute Gasteiger partial charge is 0.282 e. The van der Waals surface area contributed by atoms with Crippen molar-refractivity contribution in [2.24, 2.45) is 5.92 Å². The lowest BCUT2D eigenvalue weighted by Gasteiger charge is -2.28. The maximum atomic E-state index is 13.3. The van der Waals surface area contributed by atoms with Crippen LogP contribution in [0.25, 0.3) is 11.3 Å². The van der Waals surface area contributed by atoms with Gasteiger partial charge < -0.3 is 15.6 Å². The molecule has 1 aliphatic carbocycles. The fraction of sp³-hybridized carbons (Fsp3) is 0.292. The normalized spacial score (nSPS) is 19.7. The van der Waals surface area contributed by atoms with E-state index in [0.29, 0.717) is 28.2 Å².